The van der Waals surface area contributed by atoms with E-state index in [2.05, 4.69) is 0 Å². The number of hydrogen-bond donors (Lipinski definition) is 1. The maximum absolute atomic E-state index is 12.6. The van der Waals surface area contributed by atoms with E-state index in [1.54, 1.807) is 7.11 Å². The third kappa shape index (κ3) is 2.22. The molecule has 0 saturated heterocycles. The van der Waals surface area contributed by atoms with Gasteiger partial charge in [-0.25, -0.2) is 0 Å². The van der Waals surface area contributed by atoms with Gasteiger partial charge < -0.3 is 10.5 Å². The van der Waals surface area contributed by atoms with E-state index in [4.69, 9.17) is 10.5 Å². The average molecular weight is 293 g/mol. The summed E-state index contributed by atoms with van der Waals surface area (Å²) in [5.41, 5.74) is 8.52. The van der Waals surface area contributed by atoms with Crippen LogP contribution in [0.15, 0.2) is 39.9 Å². The van der Waals surface area contributed by atoms with Gasteiger partial charge >= 0.3 is 0 Å². The summed E-state index contributed by atoms with van der Waals surface area (Å²) in [4.78, 5) is 0. The van der Waals surface area contributed by atoms with Crippen molar-refractivity contribution in [2.45, 2.75) is 21.9 Å². The van der Waals surface area contributed by atoms with E-state index >= 15 is 0 Å². The van der Waals surface area contributed by atoms with Gasteiger partial charge in [-0.2, -0.15) is 0 Å². The molecule has 0 aliphatic heterocycles. The Labute approximate surface area is 118 Å². The number of rotatable bonds is 3. The van der Waals surface area contributed by atoms with E-state index in [9.17, 15) is 4.21 Å². The first kappa shape index (κ1) is 12.8. The Balaban J connectivity index is 1.91. The van der Waals surface area contributed by atoms with Crippen LogP contribution in [0.2, 0.25) is 0 Å². The van der Waals surface area contributed by atoms with Crippen molar-refractivity contribution in [3.05, 3.63) is 46.8 Å². The lowest BCUT2D eigenvalue weighted by atomic mass is 10.1. The van der Waals surface area contributed by atoms with Crippen molar-refractivity contribution < 1.29 is 8.95 Å². The number of hydrogen-bond acceptors (Lipinski definition) is 4. The third-order valence-corrected chi connectivity index (χ3v) is 6.49. The fraction of sp³-hybridized carbons (Fsp3) is 0.286. The zero-order valence-electron chi connectivity index (χ0n) is 10.5. The molecule has 0 fully saturated rings. The van der Waals surface area contributed by atoms with Gasteiger partial charge in [0.25, 0.3) is 0 Å². The molecule has 1 heterocycles. The van der Waals surface area contributed by atoms with Crippen LogP contribution in [0.4, 0.5) is 0 Å². The van der Waals surface area contributed by atoms with Gasteiger partial charge in [-0.15, -0.1) is 11.3 Å². The summed E-state index contributed by atoms with van der Waals surface area (Å²) in [5.74, 6) is 0.803. The lowest BCUT2D eigenvalue weighted by Gasteiger charge is -2.14. The first-order valence-electron chi connectivity index (χ1n) is 6.07. The highest BCUT2D eigenvalue weighted by Crippen LogP contribution is 2.37. The second kappa shape index (κ2) is 5.07. The predicted molar refractivity (Wildman–Crippen MR) is 78.1 cm³/mol. The van der Waals surface area contributed by atoms with Gasteiger partial charge in [-0.3, -0.25) is 4.21 Å². The first-order chi connectivity index (χ1) is 9.20. The van der Waals surface area contributed by atoms with Crippen LogP contribution in [-0.2, 0) is 17.2 Å². The molecule has 3 rings (SSSR count). The number of benzene rings is 1. The summed E-state index contributed by atoms with van der Waals surface area (Å²) in [6, 6.07) is 9.58. The molecular weight excluding hydrogens is 278 g/mol. The van der Waals surface area contributed by atoms with Crippen LogP contribution in [0.25, 0.3) is 0 Å². The molecule has 3 atom stereocenters. The molecule has 19 heavy (non-hydrogen) atoms. The van der Waals surface area contributed by atoms with Gasteiger partial charge in [0.15, 0.2) is 0 Å². The monoisotopic (exact) mass is 293 g/mol. The minimum absolute atomic E-state index is 0.0410. The Morgan fingerprint density at radius 1 is 1.42 bits per heavy atom. The van der Waals surface area contributed by atoms with Crippen molar-refractivity contribution in [2.75, 3.05) is 7.11 Å². The molecule has 5 heteroatoms. The predicted octanol–water partition coefficient (Wildman–Crippen LogP) is 2.49. The second-order valence-electron chi connectivity index (χ2n) is 4.56. The highest BCUT2D eigenvalue weighted by Gasteiger charge is 2.35. The van der Waals surface area contributed by atoms with Gasteiger partial charge in [-0.05, 0) is 41.1 Å². The molecule has 1 aromatic carbocycles. The van der Waals surface area contributed by atoms with E-state index in [-0.39, 0.29) is 11.3 Å². The van der Waals surface area contributed by atoms with Gasteiger partial charge in [0.2, 0.25) is 0 Å². The van der Waals surface area contributed by atoms with Crippen LogP contribution >= 0.6 is 11.3 Å². The van der Waals surface area contributed by atoms with Gasteiger partial charge in [0, 0.05) is 6.04 Å². The molecule has 2 aromatic rings. The SMILES string of the molecule is COc1ccc2c(c1)C(N)C(S(=O)c1cccs1)C2. The van der Waals surface area contributed by atoms with Crippen LogP contribution < -0.4 is 10.5 Å². The van der Waals surface area contributed by atoms with Crippen molar-refractivity contribution >= 4 is 22.1 Å². The Morgan fingerprint density at radius 3 is 2.95 bits per heavy atom. The minimum atomic E-state index is -1.04. The molecule has 100 valence electrons. The first-order valence-corrected chi connectivity index (χ1v) is 8.16. The van der Waals surface area contributed by atoms with Gasteiger partial charge in [0.1, 0.15) is 5.75 Å². The topological polar surface area (TPSA) is 52.3 Å². The molecule has 0 radical (unpaired) electrons. The maximum atomic E-state index is 12.6. The standard InChI is InChI=1S/C14H15NO2S2/c1-17-10-5-4-9-7-12(14(15)11(9)8-10)19(16)13-3-2-6-18-13/h2-6,8,12,14H,7,15H2,1H3. The molecule has 0 spiro atoms. The largest absolute Gasteiger partial charge is 0.497 e. The molecular formula is C14H15NO2S2. The van der Waals surface area contributed by atoms with E-state index in [0.29, 0.717) is 0 Å². The van der Waals surface area contributed by atoms with E-state index in [0.717, 1.165) is 21.9 Å². The Kier molecular flexibility index (Phi) is 3.43. The summed E-state index contributed by atoms with van der Waals surface area (Å²) in [5, 5.41) is 1.91. The zero-order chi connectivity index (χ0) is 13.4. The molecule has 1 aliphatic rings. The summed E-state index contributed by atoms with van der Waals surface area (Å²) in [7, 11) is 0.603. The normalized spacial score (nSPS) is 23.1. The number of nitrogens with two attached hydrogens (primary N) is 1. The molecule has 0 bridgehead atoms. The average Bonchev–Trinajstić information content (AvgIpc) is 3.06. The van der Waals surface area contributed by atoms with Crippen molar-refractivity contribution in [2.24, 2.45) is 5.73 Å². The molecule has 0 saturated carbocycles. The number of ether oxygens (including phenoxy) is 1. The van der Waals surface area contributed by atoms with Gasteiger partial charge in [-0.1, -0.05) is 12.1 Å². The second-order valence-corrected chi connectivity index (χ2v) is 7.41. The van der Waals surface area contributed by atoms with Crippen LogP contribution in [0, 0.1) is 0 Å². The molecule has 3 nitrogen and oxygen atoms in total. The fourth-order valence-electron chi connectivity index (χ4n) is 2.48. The van der Waals surface area contributed by atoms with Crippen molar-refractivity contribution in [1.82, 2.24) is 0 Å². The van der Waals surface area contributed by atoms with Crippen molar-refractivity contribution in [3.63, 3.8) is 0 Å². The highest BCUT2D eigenvalue weighted by molar-refractivity contribution is 7.88. The van der Waals surface area contributed by atoms with E-state index < -0.39 is 10.8 Å². The summed E-state index contributed by atoms with van der Waals surface area (Å²) >= 11 is 1.53. The van der Waals surface area contributed by atoms with Crippen molar-refractivity contribution in [1.29, 1.82) is 0 Å². The van der Waals surface area contributed by atoms with Crippen LogP contribution in [0.3, 0.4) is 0 Å². The molecule has 1 aliphatic carbocycles. The van der Waals surface area contributed by atoms with E-state index in [1.165, 1.54) is 16.9 Å². The number of fused-ring (bicyclic) bond motifs is 1. The quantitative estimate of drug-likeness (QED) is 0.946. The summed E-state index contributed by atoms with van der Waals surface area (Å²) in [6.45, 7) is 0. The minimum Gasteiger partial charge on any atom is -0.497 e. The Bertz CT molecular complexity index is 610. The van der Waals surface area contributed by atoms with Crippen molar-refractivity contribution in [3.8, 4) is 5.75 Å². The van der Waals surface area contributed by atoms with Crippen LogP contribution in [0.5, 0.6) is 5.75 Å². The lowest BCUT2D eigenvalue weighted by molar-refractivity contribution is 0.414. The maximum Gasteiger partial charge on any atom is 0.119 e. The lowest BCUT2D eigenvalue weighted by Crippen LogP contribution is -2.26. The Morgan fingerprint density at radius 2 is 2.26 bits per heavy atom. The van der Waals surface area contributed by atoms with Gasteiger partial charge in [0.05, 0.1) is 27.4 Å². The Hall–Kier alpha value is -1.17. The molecule has 2 N–H and O–H groups in total. The smallest absolute Gasteiger partial charge is 0.119 e. The van der Waals surface area contributed by atoms with E-state index in [1.807, 2.05) is 35.7 Å². The number of methoxy groups -OCH3 is 1. The third-order valence-electron chi connectivity index (χ3n) is 3.50. The van der Waals surface area contributed by atoms with Crippen LogP contribution in [0.1, 0.15) is 17.2 Å². The summed E-state index contributed by atoms with van der Waals surface area (Å²) in [6.07, 6.45) is 0.769. The zero-order valence-corrected chi connectivity index (χ0v) is 12.2. The molecule has 1 aromatic heterocycles. The van der Waals surface area contributed by atoms with Crippen LogP contribution in [-0.4, -0.2) is 16.6 Å². The highest BCUT2D eigenvalue weighted by atomic mass is 32.2. The molecule has 0 amide bonds. The summed E-state index contributed by atoms with van der Waals surface area (Å²) < 4.78 is 18.7. The molecule has 3 unspecified atom stereocenters. The number of thiophene rings is 1. The fourth-order valence-corrected chi connectivity index (χ4v) is 5.10.